The zero-order valence-corrected chi connectivity index (χ0v) is 15.9. The number of rotatable bonds is 7. The quantitative estimate of drug-likeness (QED) is 0.554. The molecule has 0 unspecified atom stereocenters. The number of ether oxygens (including phenoxy) is 2. The number of nitro benzene ring substituents is 1. The van der Waals surface area contributed by atoms with Crippen molar-refractivity contribution in [3.05, 3.63) is 52.1 Å². The van der Waals surface area contributed by atoms with Gasteiger partial charge >= 0.3 is 5.69 Å². The van der Waals surface area contributed by atoms with Crippen LogP contribution in [0.4, 0.5) is 17.1 Å². The number of benzene rings is 2. The highest BCUT2D eigenvalue weighted by molar-refractivity contribution is 6.05. The van der Waals surface area contributed by atoms with Crippen molar-refractivity contribution in [2.45, 2.75) is 13.8 Å². The highest BCUT2D eigenvalue weighted by atomic mass is 16.6. The lowest BCUT2D eigenvalue weighted by molar-refractivity contribution is -0.385. The Labute approximate surface area is 161 Å². The zero-order valence-electron chi connectivity index (χ0n) is 15.9. The minimum atomic E-state index is -0.620. The fourth-order valence-corrected chi connectivity index (χ4v) is 2.33. The topological polar surface area (TPSA) is 120 Å². The molecule has 0 atom stereocenters. The van der Waals surface area contributed by atoms with Crippen LogP contribution in [0.2, 0.25) is 0 Å². The number of anilines is 2. The van der Waals surface area contributed by atoms with Gasteiger partial charge in [0.05, 0.1) is 24.8 Å². The van der Waals surface area contributed by atoms with E-state index in [1.807, 2.05) is 0 Å². The van der Waals surface area contributed by atoms with Gasteiger partial charge in [-0.3, -0.25) is 19.7 Å². The molecule has 2 aromatic carbocycles. The summed E-state index contributed by atoms with van der Waals surface area (Å²) in [5.41, 5.74) is 0.672. The fourth-order valence-electron chi connectivity index (χ4n) is 2.33. The van der Waals surface area contributed by atoms with Crippen molar-refractivity contribution in [2.24, 2.45) is 5.92 Å². The Morgan fingerprint density at radius 2 is 1.68 bits per heavy atom. The molecule has 2 N–H and O–H groups in total. The molecule has 9 nitrogen and oxygen atoms in total. The average Bonchev–Trinajstić information content (AvgIpc) is 2.68. The Hall–Kier alpha value is -3.62. The van der Waals surface area contributed by atoms with Crippen molar-refractivity contribution in [2.75, 3.05) is 24.9 Å². The number of carbonyl (C=O) groups is 2. The second-order valence-corrected chi connectivity index (χ2v) is 6.16. The maximum absolute atomic E-state index is 12.5. The molecule has 2 rings (SSSR count). The van der Waals surface area contributed by atoms with E-state index in [-0.39, 0.29) is 28.8 Å². The third-order valence-corrected chi connectivity index (χ3v) is 3.88. The highest BCUT2D eigenvalue weighted by Crippen LogP contribution is 2.30. The number of carbonyl (C=O) groups excluding carboxylic acids is 2. The molecule has 9 heteroatoms. The molecule has 0 heterocycles. The number of hydrogen-bond donors (Lipinski definition) is 2. The molecule has 0 saturated carbocycles. The van der Waals surface area contributed by atoms with Crippen LogP contribution in [0.15, 0.2) is 36.4 Å². The Morgan fingerprint density at radius 1 is 1.00 bits per heavy atom. The summed E-state index contributed by atoms with van der Waals surface area (Å²) in [5, 5.41) is 16.5. The first-order valence-corrected chi connectivity index (χ1v) is 8.39. The number of methoxy groups -OCH3 is 2. The SMILES string of the molecule is COc1cc(NC(=O)c2ccc(OC)c([N+](=O)[O-])c2)ccc1NC(=O)C(C)C. The van der Waals surface area contributed by atoms with Gasteiger partial charge in [-0.25, -0.2) is 0 Å². The summed E-state index contributed by atoms with van der Waals surface area (Å²) < 4.78 is 10.2. The Kier molecular flexibility index (Phi) is 6.54. The second kappa shape index (κ2) is 8.85. The monoisotopic (exact) mass is 387 g/mol. The Bertz CT molecular complexity index is 911. The van der Waals surface area contributed by atoms with Gasteiger partial charge in [-0.15, -0.1) is 0 Å². The van der Waals surface area contributed by atoms with Gasteiger partial charge in [0, 0.05) is 29.3 Å². The van der Waals surface area contributed by atoms with Gasteiger partial charge in [0.1, 0.15) is 5.75 Å². The summed E-state index contributed by atoms with van der Waals surface area (Å²) >= 11 is 0. The van der Waals surface area contributed by atoms with E-state index in [9.17, 15) is 19.7 Å². The summed E-state index contributed by atoms with van der Waals surface area (Å²) in [5.74, 6) is -0.469. The van der Waals surface area contributed by atoms with Crippen LogP contribution in [-0.2, 0) is 4.79 Å². The minimum absolute atomic E-state index is 0.0634. The smallest absolute Gasteiger partial charge is 0.311 e. The summed E-state index contributed by atoms with van der Waals surface area (Å²) in [6.45, 7) is 3.54. The van der Waals surface area contributed by atoms with Gasteiger partial charge < -0.3 is 20.1 Å². The van der Waals surface area contributed by atoms with Crippen molar-refractivity contribution in [3.8, 4) is 11.5 Å². The fraction of sp³-hybridized carbons (Fsp3) is 0.263. The number of nitro groups is 1. The van der Waals surface area contributed by atoms with Gasteiger partial charge in [0.15, 0.2) is 5.75 Å². The largest absolute Gasteiger partial charge is 0.494 e. The molecule has 0 aliphatic carbocycles. The maximum Gasteiger partial charge on any atom is 0.311 e. The number of nitrogens with one attached hydrogen (secondary N) is 2. The van der Waals surface area contributed by atoms with E-state index in [4.69, 9.17) is 9.47 Å². The number of amides is 2. The molecule has 0 bridgehead atoms. The van der Waals surface area contributed by atoms with E-state index < -0.39 is 10.8 Å². The molecule has 2 aromatic rings. The van der Waals surface area contributed by atoms with Crippen LogP contribution in [0.1, 0.15) is 24.2 Å². The van der Waals surface area contributed by atoms with Crippen LogP contribution < -0.4 is 20.1 Å². The maximum atomic E-state index is 12.5. The zero-order chi connectivity index (χ0) is 20.8. The van der Waals surface area contributed by atoms with Crippen molar-refractivity contribution in [1.82, 2.24) is 0 Å². The highest BCUT2D eigenvalue weighted by Gasteiger charge is 2.19. The molecule has 0 aliphatic rings. The molecule has 0 saturated heterocycles. The van der Waals surface area contributed by atoms with E-state index in [1.165, 1.54) is 26.4 Å². The van der Waals surface area contributed by atoms with E-state index in [0.29, 0.717) is 17.1 Å². The molecular formula is C19H21N3O6. The molecular weight excluding hydrogens is 366 g/mol. The summed E-state index contributed by atoms with van der Waals surface area (Å²) in [6.07, 6.45) is 0. The minimum Gasteiger partial charge on any atom is -0.494 e. The molecule has 28 heavy (non-hydrogen) atoms. The molecule has 148 valence electrons. The van der Waals surface area contributed by atoms with E-state index in [2.05, 4.69) is 10.6 Å². The van der Waals surface area contributed by atoms with Crippen molar-refractivity contribution >= 4 is 28.9 Å². The van der Waals surface area contributed by atoms with Gasteiger partial charge in [-0.1, -0.05) is 13.8 Å². The lowest BCUT2D eigenvalue weighted by Gasteiger charge is -2.14. The summed E-state index contributed by atoms with van der Waals surface area (Å²) in [4.78, 5) is 34.8. The first-order valence-electron chi connectivity index (χ1n) is 8.39. The van der Waals surface area contributed by atoms with Crippen LogP contribution >= 0.6 is 0 Å². The molecule has 0 spiro atoms. The third kappa shape index (κ3) is 4.76. The van der Waals surface area contributed by atoms with Gasteiger partial charge in [0.25, 0.3) is 5.91 Å². The lowest BCUT2D eigenvalue weighted by atomic mass is 10.1. The van der Waals surface area contributed by atoms with E-state index in [1.54, 1.807) is 32.0 Å². The second-order valence-electron chi connectivity index (χ2n) is 6.16. The Morgan fingerprint density at radius 3 is 2.25 bits per heavy atom. The first kappa shape index (κ1) is 20.7. The normalized spacial score (nSPS) is 10.3. The van der Waals surface area contributed by atoms with Crippen LogP contribution in [0, 0.1) is 16.0 Å². The molecule has 0 fully saturated rings. The van der Waals surface area contributed by atoms with Crippen LogP contribution in [-0.4, -0.2) is 31.0 Å². The van der Waals surface area contributed by atoms with Crippen molar-refractivity contribution in [3.63, 3.8) is 0 Å². The van der Waals surface area contributed by atoms with Crippen molar-refractivity contribution in [1.29, 1.82) is 0 Å². The van der Waals surface area contributed by atoms with Gasteiger partial charge in [-0.05, 0) is 24.3 Å². The molecule has 0 radical (unpaired) electrons. The van der Waals surface area contributed by atoms with Crippen LogP contribution in [0.5, 0.6) is 11.5 Å². The van der Waals surface area contributed by atoms with Crippen LogP contribution in [0.25, 0.3) is 0 Å². The summed E-state index contributed by atoms with van der Waals surface area (Å²) in [6, 6.07) is 8.67. The first-order chi connectivity index (χ1) is 13.3. The predicted octanol–water partition coefficient (Wildman–Crippen LogP) is 3.46. The lowest BCUT2D eigenvalue weighted by Crippen LogP contribution is -2.18. The molecule has 0 aromatic heterocycles. The number of hydrogen-bond acceptors (Lipinski definition) is 6. The molecule has 0 aliphatic heterocycles. The van der Waals surface area contributed by atoms with Crippen LogP contribution in [0.3, 0.4) is 0 Å². The Balaban J connectivity index is 2.23. The predicted molar refractivity (Wildman–Crippen MR) is 104 cm³/mol. The van der Waals surface area contributed by atoms with Gasteiger partial charge in [0.2, 0.25) is 5.91 Å². The summed E-state index contributed by atoms with van der Waals surface area (Å²) in [7, 11) is 2.76. The standard InChI is InChI=1S/C19H21N3O6/c1-11(2)18(23)21-14-7-6-13(10-17(14)28-4)20-19(24)12-5-8-16(27-3)15(9-12)22(25)26/h5-11H,1-4H3,(H,20,24)(H,21,23). The van der Waals surface area contributed by atoms with E-state index >= 15 is 0 Å². The molecule has 2 amide bonds. The number of nitrogens with zero attached hydrogens (tertiary/aromatic N) is 1. The van der Waals surface area contributed by atoms with Gasteiger partial charge in [-0.2, -0.15) is 0 Å². The third-order valence-electron chi connectivity index (χ3n) is 3.88. The van der Waals surface area contributed by atoms with Crippen molar-refractivity contribution < 1.29 is 24.0 Å². The van der Waals surface area contributed by atoms with E-state index in [0.717, 1.165) is 6.07 Å². The average molecular weight is 387 g/mol.